The molecule has 0 bridgehead atoms. The van der Waals surface area contributed by atoms with E-state index in [0.717, 1.165) is 32.1 Å². The topological polar surface area (TPSA) is 92.9 Å². The second-order valence-electron chi connectivity index (χ2n) is 6.77. The van der Waals surface area contributed by atoms with Crippen LogP contribution in [-0.2, 0) is 6.54 Å². The Kier molecular flexibility index (Phi) is 4.44. The maximum Gasteiger partial charge on any atom is 0.330 e. The van der Waals surface area contributed by atoms with E-state index in [4.69, 9.17) is 5.73 Å². The minimum atomic E-state index is -0.428. The molecule has 6 nitrogen and oxygen atoms in total. The van der Waals surface area contributed by atoms with Gasteiger partial charge in [0.25, 0.3) is 5.56 Å². The summed E-state index contributed by atoms with van der Waals surface area (Å²) in [5, 5.41) is 3.25. The van der Waals surface area contributed by atoms with Crippen LogP contribution in [0, 0.1) is 5.41 Å². The smallest absolute Gasteiger partial charge is 0.330 e. The predicted octanol–water partition coefficient (Wildman–Crippen LogP) is 1.91. The highest BCUT2D eigenvalue weighted by molar-refractivity contribution is 5.61. The number of aromatic amines is 1. The van der Waals surface area contributed by atoms with E-state index in [2.05, 4.69) is 24.1 Å². The fourth-order valence-electron chi connectivity index (χ4n) is 3.03. The van der Waals surface area contributed by atoms with E-state index in [9.17, 15) is 9.59 Å². The molecule has 2 rings (SSSR count). The summed E-state index contributed by atoms with van der Waals surface area (Å²) in [6.45, 7) is 7.03. The Hall–Kier alpha value is -1.72. The van der Waals surface area contributed by atoms with Crippen LogP contribution in [0.15, 0.2) is 9.59 Å². The third-order valence-electron chi connectivity index (χ3n) is 4.29. The van der Waals surface area contributed by atoms with Crippen LogP contribution < -0.4 is 22.3 Å². The first-order chi connectivity index (χ1) is 9.84. The van der Waals surface area contributed by atoms with Gasteiger partial charge in [-0.3, -0.25) is 14.3 Å². The number of nitrogens with two attached hydrogens (primary N) is 1. The number of hydrogen-bond donors (Lipinski definition) is 3. The Morgan fingerprint density at radius 2 is 2.14 bits per heavy atom. The van der Waals surface area contributed by atoms with E-state index in [1.807, 2.05) is 6.92 Å². The number of hydrogen-bond acceptors (Lipinski definition) is 4. The molecular formula is C15H26N4O2. The lowest BCUT2D eigenvalue weighted by Gasteiger charge is -2.20. The van der Waals surface area contributed by atoms with Crippen molar-refractivity contribution in [3.63, 3.8) is 0 Å². The highest BCUT2D eigenvalue weighted by atomic mass is 16.2. The number of rotatable bonds is 5. The summed E-state index contributed by atoms with van der Waals surface area (Å²) in [7, 11) is 0. The van der Waals surface area contributed by atoms with Crippen LogP contribution in [0.1, 0.15) is 52.9 Å². The largest absolute Gasteiger partial charge is 0.383 e. The maximum absolute atomic E-state index is 12.0. The van der Waals surface area contributed by atoms with Gasteiger partial charge in [-0.25, -0.2) is 4.79 Å². The number of nitrogen functional groups attached to an aromatic ring is 1. The molecule has 118 valence electrons. The average Bonchev–Trinajstić information content (AvgIpc) is 2.74. The molecule has 6 heteroatoms. The summed E-state index contributed by atoms with van der Waals surface area (Å²) in [6, 6.07) is 0.237. The third-order valence-corrected chi connectivity index (χ3v) is 4.29. The molecule has 21 heavy (non-hydrogen) atoms. The molecule has 1 heterocycles. The number of anilines is 2. The zero-order valence-corrected chi connectivity index (χ0v) is 13.2. The zero-order valence-electron chi connectivity index (χ0n) is 13.2. The molecule has 0 aliphatic heterocycles. The van der Waals surface area contributed by atoms with Gasteiger partial charge in [0.2, 0.25) is 0 Å². The Morgan fingerprint density at radius 1 is 1.43 bits per heavy atom. The first-order valence-electron chi connectivity index (χ1n) is 7.73. The standard InChI is InChI=1S/C15H26N4O2/c1-4-5-8-19-12(16)11(13(20)18-14(19)21)17-10-6-7-15(2,3)9-10/h10,17H,4-9,16H2,1-3H3,(H,18,20,21). The Bertz CT molecular complexity index is 615. The fraction of sp³-hybridized carbons (Fsp3) is 0.733. The van der Waals surface area contributed by atoms with Gasteiger partial charge >= 0.3 is 5.69 Å². The monoisotopic (exact) mass is 294 g/mol. The number of nitrogens with one attached hydrogen (secondary N) is 2. The van der Waals surface area contributed by atoms with Crippen LogP contribution in [0.5, 0.6) is 0 Å². The second-order valence-corrected chi connectivity index (χ2v) is 6.77. The molecule has 0 amide bonds. The van der Waals surface area contributed by atoms with Gasteiger partial charge in [-0.2, -0.15) is 0 Å². The van der Waals surface area contributed by atoms with Gasteiger partial charge in [-0.1, -0.05) is 27.2 Å². The number of unbranched alkanes of at least 4 members (excludes halogenated alkanes) is 1. The fourth-order valence-corrected chi connectivity index (χ4v) is 3.03. The molecule has 0 spiro atoms. The lowest BCUT2D eigenvalue weighted by atomic mass is 9.92. The summed E-state index contributed by atoms with van der Waals surface area (Å²) < 4.78 is 1.45. The van der Waals surface area contributed by atoms with E-state index in [0.29, 0.717) is 12.2 Å². The Labute approximate surface area is 124 Å². The normalized spacial score (nSPS) is 20.6. The molecule has 1 saturated carbocycles. The Morgan fingerprint density at radius 3 is 2.71 bits per heavy atom. The molecule has 0 aromatic carbocycles. The molecule has 1 aliphatic rings. The number of nitrogens with zero attached hydrogens (tertiary/aromatic N) is 1. The van der Waals surface area contributed by atoms with Crippen molar-refractivity contribution >= 4 is 11.5 Å². The van der Waals surface area contributed by atoms with E-state index in [-0.39, 0.29) is 17.3 Å². The van der Waals surface area contributed by atoms with E-state index in [1.54, 1.807) is 0 Å². The quantitative estimate of drug-likeness (QED) is 0.773. The van der Waals surface area contributed by atoms with Gasteiger partial charge in [0, 0.05) is 12.6 Å². The minimum absolute atomic E-state index is 0.237. The molecule has 1 atom stereocenters. The highest BCUT2D eigenvalue weighted by Gasteiger charge is 2.31. The molecule has 1 aromatic rings. The predicted molar refractivity (Wildman–Crippen MR) is 85.7 cm³/mol. The van der Waals surface area contributed by atoms with Gasteiger partial charge in [0.15, 0.2) is 0 Å². The van der Waals surface area contributed by atoms with E-state index in [1.165, 1.54) is 4.57 Å². The first kappa shape index (κ1) is 15.7. The summed E-state index contributed by atoms with van der Waals surface area (Å²) in [6.07, 6.45) is 4.95. The van der Waals surface area contributed by atoms with Crippen molar-refractivity contribution in [2.45, 2.75) is 65.5 Å². The summed E-state index contributed by atoms with van der Waals surface area (Å²) >= 11 is 0. The molecule has 0 saturated heterocycles. The highest BCUT2D eigenvalue weighted by Crippen LogP contribution is 2.38. The van der Waals surface area contributed by atoms with Crippen LogP contribution in [-0.4, -0.2) is 15.6 Å². The van der Waals surface area contributed by atoms with Crippen molar-refractivity contribution < 1.29 is 0 Å². The zero-order chi connectivity index (χ0) is 15.6. The van der Waals surface area contributed by atoms with Crippen LogP contribution in [0.3, 0.4) is 0 Å². The van der Waals surface area contributed by atoms with Crippen molar-refractivity contribution in [2.75, 3.05) is 11.1 Å². The molecule has 1 aliphatic carbocycles. The van der Waals surface area contributed by atoms with Gasteiger partial charge in [0.1, 0.15) is 11.5 Å². The molecular weight excluding hydrogens is 268 g/mol. The van der Waals surface area contributed by atoms with Gasteiger partial charge in [0.05, 0.1) is 0 Å². The summed E-state index contributed by atoms with van der Waals surface area (Å²) in [5.41, 5.74) is 5.83. The van der Waals surface area contributed by atoms with Crippen LogP contribution in [0.2, 0.25) is 0 Å². The van der Waals surface area contributed by atoms with Crippen molar-refractivity contribution in [1.29, 1.82) is 0 Å². The molecule has 1 aromatic heterocycles. The SMILES string of the molecule is CCCCn1c(N)c(NC2CCC(C)(C)C2)c(=O)[nH]c1=O. The van der Waals surface area contributed by atoms with E-state index < -0.39 is 11.2 Å². The average molecular weight is 294 g/mol. The third kappa shape index (κ3) is 3.49. The van der Waals surface area contributed by atoms with Gasteiger partial charge in [-0.15, -0.1) is 0 Å². The lowest BCUT2D eigenvalue weighted by Crippen LogP contribution is -2.35. The lowest BCUT2D eigenvalue weighted by molar-refractivity contribution is 0.378. The summed E-state index contributed by atoms with van der Waals surface area (Å²) in [4.78, 5) is 26.2. The minimum Gasteiger partial charge on any atom is -0.383 e. The van der Waals surface area contributed by atoms with Gasteiger partial charge < -0.3 is 11.1 Å². The second kappa shape index (κ2) is 5.95. The number of aromatic nitrogens is 2. The summed E-state index contributed by atoms with van der Waals surface area (Å²) in [5.74, 6) is 0.252. The molecule has 4 N–H and O–H groups in total. The van der Waals surface area contributed by atoms with Crippen LogP contribution in [0.4, 0.5) is 11.5 Å². The molecule has 0 radical (unpaired) electrons. The van der Waals surface area contributed by atoms with Crippen LogP contribution >= 0.6 is 0 Å². The number of H-pyrrole nitrogens is 1. The van der Waals surface area contributed by atoms with Gasteiger partial charge in [-0.05, 0) is 31.1 Å². The van der Waals surface area contributed by atoms with Crippen molar-refractivity contribution in [3.8, 4) is 0 Å². The molecule has 1 unspecified atom stereocenters. The van der Waals surface area contributed by atoms with Crippen molar-refractivity contribution in [1.82, 2.24) is 9.55 Å². The first-order valence-corrected chi connectivity index (χ1v) is 7.73. The Balaban J connectivity index is 2.27. The van der Waals surface area contributed by atoms with Crippen molar-refractivity contribution in [2.24, 2.45) is 5.41 Å². The van der Waals surface area contributed by atoms with E-state index >= 15 is 0 Å². The van der Waals surface area contributed by atoms with Crippen LogP contribution in [0.25, 0.3) is 0 Å². The van der Waals surface area contributed by atoms with Crippen molar-refractivity contribution in [3.05, 3.63) is 20.8 Å². The maximum atomic E-state index is 12.0. The molecule has 1 fully saturated rings.